The van der Waals surface area contributed by atoms with Crippen molar-refractivity contribution in [1.82, 2.24) is 14.4 Å². The molecule has 2 N–H and O–H groups in total. The smallest absolute Gasteiger partial charge is 0.180 e. The molecule has 0 aliphatic heterocycles. The monoisotopic (exact) mass is 271 g/mol. The van der Waals surface area contributed by atoms with Gasteiger partial charge < -0.3 is 19.5 Å². The number of nitrogens with one attached hydrogen (secondary N) is 2. The van der Waals surface area contributed by atoms with E-state index in [9.17, 15) is 0 Å². The molecule has 0 bridgehead atoms. The molecule has 3 heterocycles. The van der Waals surface area contributed by atoms with Gasteiger partial charge in [-0.15, -0.1) is 0 Å². The largest absolute Gasteiger partial charge is 0.469 e. The molecule has 0 saturated heterocycles. The molecule has 3 aromatic heterocycles. The molecule has 0 atom stereocenters. The summed E-state index contributed by atoms with van der Waals surface area (Å²) in [7, 11) is 0. The van der Waals surface area contributed by atoms with E-state index in [1.807, 2.05) is 35.9 Å². The van der Waals surface area contributed by atoms with E-state index in [4.69, 9.17) is 4.42 Å². The number of hydrogen-bond acceptors (Lipinski definition) is 5. The molecule has 0 amide bonds. The Morgan fingerprint density at radius 1 is 1.35 bits per heavy atom. The van der Waals surface area contributed by atoms with Crippen LogP contribution in [-0.4, -0.2) is 27.5 Å². The van der Waals surface area contributed by atoms with Crippen molar-refractivity contribution in [2.45, 2.75) is 13.3 Å². The van der Waals surface area contributed by atoms with E-state index in [1.54, 1.807) is 12.5 Å². The van der Waals surface area contributed by atoms with Gasteiger partial charge in [-0.2, -0.15) is 0 Å². The van der Waals surface area contributed by atoms with E-state index >= 15 is 0 Å². The first-order valence-corrected chi connectivity index (χ1v) is 6.70. The zero-order valence-electron chi connectivity index (χ0n) is 11.3. The first-order chi connectivity index (χ1) is 9.86. The maximum atomic E-state index is 5.31. The summed E-state index contributed by atoms with van der Waals surface area (Å²) in [5.41, 5.74) is 0.825. The zero-order valence-corrected chi connectivity index (χ0v) is 11.3. The minimum atomic E-state index is 0.749. The van der Waals surface area contributed by atoms with Gasteiger partial charge in [0.2, 0.25) is 0 Å². The maximum absolute atomic E-state index is 5.31. The van der Waals surface area contributed by atoms with Crippen molar-refractivity contribution in [2.24, 2.45) is 0 Å². The highest BCUT2D eigenvalue weighted by atomic mass is 16.3. The molecule has 0 saturated carbocycles. The van der Waals surface area contributed by atoms with Gasteiger partial charge in [0.25, 0.3) is 0 Å². The predicted octanol–water partition coefficient (Wildman–Crippen LogP) is 2.41. The highest BCUT2D eigenvalue weighted by molar-refractivity contribution is 5.65. The van der Waals surface area contributed by atoms with Crippen LogP contribution in [0.2, 0.25) is 0 Å². The molecule has 3 rings (SSSR count). The van der Waals surface area contributed by atoms with Crippen LogP contribution in [0.3, 0.4) is 0 Å². The zero-order chi connectivity index (χ0) is 13.8. The van der Waals surface area contributed by atoms with E-state index in [0.29, 0.717) is 0 Å². The number of hydrogen-bond donors (Lipinski definition) is 2. The number of rotatable bonds is 6. The van der Waals surface area contributed by atoms with Crippen molar-refractivity contribution in [2.75, 3.05) is 23.7 Å². The van der Waals surface area contributed by atoms with Crippen LogP contribution in [-0.2, 0) is 6.42 Å². The van der Waals surface area contributed by atoms with Gasteiger partial charge in [0.1, 0.15) is 11.6 Å². The molecule has 0 radical (unpaired) electrons. The van der Waals surface area contributed by atoms with Gasteiger partial charge in [0, 0.05) is 31.9 Å². The van der Waals surface area contributed by atoms with Gasteiger partial charge in [-0.25, -0.2) is 9.97 Å². The Kier molecular flexibility index (Phi) is 3.54. The molecule has 20 heavy (non-hydrogen) atoms. The predicted molar refractivity (Wildman–Crippen MR) is 78.1 cm³/mol. The molecular weight excluding hydrogens is 254 g/mol. The quantitative estimate of drug-likeness (QED) is 0.720. The van der Waals surface area contributed by atoms with Crippen LogP contribution in [0.4, 0.5) is 11.6 Å². The summed E-state index contributed by atoms with van der Waals surface area (Å²) in [5.74, 6) is 2.57. The van der Waals surface area contributed by atoms with Crippen LogP contribution in [0.25, 0.3) is 5.65 Å². The summed E-state index contributed by atoms with van der Waals surface area (Å²) < 4.78 is 7.27. The normalized spacial score (nSPS) is 10.8. The third-order valence-electron chi connectivity index (χ3n) is 2.98. The van der Waals surface area contributed by atoms with Crippen LogP contribution in [0.1, 0.15) is 12.7 Å². The van der Waals surface area contributed by atoms with Crippen LogP contribution in [0.5, 0.6) is 0 Å². The van der Waals surface area contributed by atoms with Crippen molar-refractivity contribution in [3.05, 3.63) is 42.7 Å². The molecule has 0 aliphatic carbocycles. The standard InChI is InChI=1S/C14H17N5O/c1-2-15-12-10-19-8-7-17-14(19)13(18-12)16-6-5-11-4-3-9-20-11/h3-4,7-10,15H,2,5-6H2,1H3,(H,16,18). The number of imidazole rings is 1. The second kappa shape index (κ2) is 5.64. The Morgan fingerprint density at radius 3 is 3.10 bits per heavy atom. The van der Waals surface area contributed by atoms with Crippen LogP contribution >= 0.6 is 0 Å². The lowest BCUT2D eigenvalue weighted by Crippen LogP contribution is -2.10. The van der Waals surface area contributed by atoms with Crippen molar-refractivity contribution in [3.63, 3.8) is 0 Å². The minimum Gasteiger partial charge on any atom is -0.469 e. The lowest BCUT2D eigenvalue weighted by atomic mass is 10.3. The van der Waals surface area contributed by atoms with Gasteiger partial charge in [0.05, 0.1) is 12.5 Å². The van der Waals surface area contributed by atoms with Crippen molar-refractivity contribution in [3.8, 4) is 0 Å². The van der Waals surface area contributed by atoms with Gasteiger partial charge in [0.15, 0.2) is 11.5 Å². The van der Waals surface area contributed by atoms with Crippen molar-refractivity contribution < 1.29 is 4.42 Å². The maximum Gasteiger partial charge on any atom is 0.180 e. The molecule has 0 fully saturated rings. The molecule has 0 spiro atoms. The van der Waals surface area contributed by atoms with Gasteiger partial charge >= 0.3 is 0 Å². The van der Waals surface area contributed by atoms with Crippen LogP contribution < -0.4 is 10.6 Å². The van der Waals surface area contributed by atoms with Crippen molar-refractivity contribution >= 4 is 17.3 Å². The Hall–Kier alpha value is -2.50. The molecule has 3 aromatic rings. The Bertz CT molecular complexity index is 674. The number of anilines is 2. The van der Waals surface area contributed by atoms with Gasteiger partial charge in [-0.1, -0.05) is 0 Å². The van der Waals surface area contributed by atoms with Crippen molar-refractivity contribution in [1.29, 1.82) is 0 Å². The van der Waals surface area contributed by atoms with E-state index in [1.165, 1.54) is 0 Å². The van der Waals surface area contributed by atoms with E-state index in [2.05, 4.69) is 20.6 Å². The first-order valence-electron chi connectivity index (χ1n) is 6.70. The molecule has 104 valence electrons. The van der Waals surface area contributed by atoms with Gasteiger partial charge in [-0.05, 0) is 19.1 Å². The fourth-order valence-electron chi connectivity index (χ4n) is 2.08. The molecule has 0 aliphatic rings. The summed E-state index contributed by atoms with van der Waals surface area (Å²) >= 11 is 0. The summed E-state index contributed by atoms with van der Waals surface area (Å²) in [6, 6.07) is 3.86. The third kappa shape index (κ3) is 2.59. The van der Waals surface area contributed by atoms with E-state index in [-0.39, 0.29) is 0 Å². The third-order valence-corrected chi connectivity index (χ3v) is 2.98. The summed E-state index contributed by atoms with van der Waals surface area (Å²) in [4.78, 5) is 8.87. The minimum absolute atomic E-state index is 0.749. The van der Waals surface area contributed by atoms with E-state index < -0.39 is 0 Å². The Balaban J connectivity index is 1.76. The molecule has 6 heteroatoms. The fraction of sp³-hybridized carbons (Fsp3) is 0.286. The van der Waals surface area contributed by atoms with Gasteiger partial charge in [-0.3, -0.25) is 0 Å². The summed E-state index contributed by atoms with van der Waals surface area (Å²) in [5, 5.41) is 6.53. The summed E-state index contributed by atoms with van der Waals surface area (Å²) in [6.45, 7) is 3.63. The number of furan rings is 1. The lowest BCUT2D eigenvalue weighted by Gasteiger charge is -2.09. The average Bonchev–Trinajstić information content (AvgIpc) is 3.09. The molecular formula is C14H17N5O. The molecule has 6 nitrogen and oxygen atoms in total. The highest BCUT2D eigenvalue weighted by Crippen LogP contribution is 2.16. The SMILES string of the molecule is CCNc1cn2ccnc2c(NCCc2ccco2)n1. The molecule has 0 aromatic carbocycles. The van der Waals surface area contributed by atoms with E-state index in [0.717, 1.165) is 42.6 Å². The average molecular weight is 271 g/mol. The lowest BCUT2D eigenvalue weighted by molar-refractivity contribution is 0.513. The fourth-order valence-corrected chi connectivity index (χ4v) is 2.08. The molecule has 0 unspecified atom stereocenters. The highest BCUT2D eigenvalue weighted by Gasteiger charge is 2.07. The van der Waals surface area contributed by atoms with Crippen LogP contribution in [0.15, 0.2) is 41.4 Å². The summed E-state index contributed by atoms with van der Waals surface area (Å²) in [6.07, 6.45) is 8.11. The number of nitrogens with zero attached hydrogens (tertiary/aromatic N) is 3. The Labute approximate surface area is 116 Å². The number of aromatic nitrogens is 3. The number of fused-ring (bicyclic) bond motifs is 1. The first kappa shape index (κ1) is 12.5. The second-order valence-corrected chi connectivity index (χ2v) is 4.42. The topological polar surface area (TPSA) is 67.4 Å². The Morgan fingerprint density at radius 2 is 2.30 bits per heavy atom. The van der Waals surface area contributed by atoms with Crippen LogP contribution in [0, 0.1) is 0 Å². The second-order valence-electron chi connectivity index (χ2n) is 4.42.